The summed E-state index contributed by atoms with van der Waals surface area (Å²) in [4.78, 5) is 12.1. The number of hydrogen-bond donors (Lipinski definition) is 1. The summed E-state index contributed by atoms with van der Waals surface area (Å²) in [6.45, 7) is 2.49. The first-order valence-electron chi connectivity index (χ1n) is 12.1. The maximum atomic E-state index is 15.3. The van der Waals surface area contributed by atoms with E-state index in [9.17, 15) is 12.8 Å². The number of sulfonamides is 1. The van der Waals surface area contributed by atoms with Gasteiger partial charge in [0.1, 0.15) is 5.82 Å². The first-order chi connectivity index (χ1) is 17.2. The summed E-state index contributed by atoms with van der Waals surface area (Å²) in [7, 11) is -2.47. The fraction of sp³-hybridized carbons (Fsp3) is 0.385. The molecular formula is C26H29F2N5O2S. The van der Waals surface area contributed by atoms with Gasteiger partial charge in [-0.05, 0) is 50.3 Å². The smallest absolute Gasteiger partial charge is 0.283 e. The van der Waals surface area contributed by atoms with Gasteiger partial charge in [0, 0.05) is 37.3 Å². The molecule has 190 valence electrons. The fourth-order valence-corrected chi connectivity index (χ4v) is 6.62. The Kier molecular flexibility index (Phi) is 6.65. The summed E-state index contributed by atoms with van der Waals surface area (Å²) >= 11 is 0. The minimum Gasteiger partial charge on any atom is -0.370 e. The van der Waals surface area contributed by atoms with E-state index in [4.69, 9.17) is 0 Å². The normalized spacial score (nSPS) is 21.9. The van der Waals surface area contributed by atoms with Gasteiger partial charge in [-0.2, -0.15) is 12.8 Å². The summed E-state index contributed by atoms with van der Waals surface area (Å²) in [5.41, 5.74) is 2.08. The van der Waals surface area contributed by atoms with Gasteiger partial charge in [0.05, 0.1) is 11.9 Å². The number of nitrogens with zero attached hydrogens (tertiary/aromatic N) is 4. The zero-order valence-corrected chi connectivity index (χ0v) is 21.0. The Hall–Kier alpha value is -3.11. The van der Waals surface area contributed by atoms with Crippen LogP contribution in [0.15, 0.2) is 59.8 Å². The predicted molar refractivity (Wildman–Crippen MR) is 134 cm³/mol. The first-order valence-corrected chi connectivity index (χ1v) is 13.5. The molecule has 0 amide bonds. The maximum Gasteiger partial charge on any atom is 0.283 e. The number of rotatable bonds is 7. The van der Waals surface area contributed by atoms with Crippen molar-refractivity contribution < 1.29 is 17.2 Å². The van der Waals surface area contributed by atoms with Crippen LogP contribution < -0.4 is 9.62 Å². The SMILES string of the molecule is Cc1c(N(C)[C@H]2C[C@H]3CC[C@@H](C2)N3Cc2ccccc2)cnc(S(=O)(=O)Nc2cccc(F)n2)c1F. The van der Waals surface area contributed by atoms with Gasteiger partial charge in [0.2, 0.25) is 11.0 Å². The molecule has 0 radical (unpaired) electrons. The Bertz CT molecular complexity index is 1340. The molecule has 2 saturated heterocycles. The molecule has 4 heterocycles. The minimum absolute atomic E-state index is 0.200. The topological polar surface area (TPSA) is 78.4 Å². The average molecular weight is 514 g/mol. The lowest BCUT2D eigenvalue weighted by Crippen LogP contribution is -2.49. The van der Waals surface area contributed by atoms with E-state index in [0.29, 0.717) is 17.8 Å². The molecule has 0 saturated carbocycles. The quantitative estimate of drug-likeness (QED) is 0.469. The van der Waals surface area contributed by atoms with Crippen LogP contribution in [0, 0.1) is 18.7 Å². The molecule has 0 spiro atoms. The monoisotopic (exact) mass is 513 g/mol. The predicted octanol–water partition coefficient (Wildman–Crippen LogP) is 4.50. The molecule has 10 heteroatoms. The van der Waals surface area contributed by atoms with E-state index in [-0.39, 0.29) is 17.4 Å². The molecule has 7 nitrogen and oxygen atoms in total. The lowest BCUT2D eigenvalue weighted by atomic mass is 9.95. The summed E-state index contributed by atoms with van der Waals surface area (Å²) in [5, 5.41) is -0.735. The zero-order chi connectivity index (χ0) is 25.4. The molecule has 2 aliphatic heterocycles. The van der Waals surface area contributed by atoms with Gasteiger partial charge in [-0.3, -0.25) is 9.62 Å². The highest BCUT2D eigenvalue weighted by Crippen LogP contribution is 2.40. The molecule has 2 fully saturated rings. The van der Waals surface area contributed by atoms with Crippen molar-refractivity contribution in [3.05, 3.63) is 77.6 Å². The summed E-state index contributed by atoms with van der Waals surface area (Å²) in [6, 6.07) is 15.3. The molecule has 1 aromatic carbocycles. The van der Waals surface area contributed by atoms with Crippen LogP contribution in [0.3, 0.4) is 0 Å². The van der Waals surface area contributed by atoms with E-state index in [2.05, 4.69) is 43.9 Å². The average Bonchev–Trinajstić information content (AvgIpc) is 3.07. The fourth-order valence-electron chi connectivity index (χ4n) is 5.55. The van der Waals surface area contributed by atoms with Crippen molar-refractivity contribution in [3.63, 3.8) is 0 Å². The second-order valence-electron chi connectivity index (χ2n) is 9.62. The van der Waals surface area contributed by atoms with Crippen LogP contribution in [0.5, 0.6) is 0 Å². The van der Waals surface area contributed by atoms with Gasteiger partial charge in [-0.15, -0.1) is 0 Å². The van der Waals surface area contributed by atoms with Crippen molar-refractivity contribution in [2.24, 2.45) is 0 Å². The molecule has 2 aliphatic rings. The van der Waals surface area contributed by atoms with Crippen molar-refractivity contribution >= 4 is 21.5 Å². The highest BCUT2D eigenvalue weighted by molar-refractivity contribution is 7.92. The Labute approximate surface area is 210 Å². The molecule has 3 aromatic rings. The molecule has 2 bridgehead atoms. The lowest BCUT2D eigenvalue weighted by molar-refractivity contribution is 0.118. The van der Waals surface area contributed by atoms with Gasteiger partial charge >= 0.3 is 0 Å². The highest BCUT2D eigenvalue weighted by atomic mass is 32.2. The number of pyridine rings is 2. The van der Waals surface area contributed by atoms with Crippen LogP contribution in [0.25, 0.3) is 0 Å². The number of hydrogen-bond acceptors (Lipinski definition) is 6. The second-order valence-corrected chi connectivity index (χ2v) is 11.2. The van der Waals surface area contributed by atoms with E-state index >= 15 is 4.39 Å². The highest BCUT2D eigenvalue weighted by Gasteiger charge is 2.42. The summed E-state index contributed by atoms with van der Waals surface area (Å²) in [6.07, 6.45) is 5.60. The number of nitrogens with one attached hydrogen (secondary N) is 1. The van der Waals surface area contributed by atoms with E-state index in [0.717, 1.165) is 38.3 Å². The number of aromatic nitrogens is 2. The largest absolute Gasteiger partial charge is 0.370 e. The molecule has 0 aliphatic carbocycles. The third kappa shape index (κ3) is 4.79. The number of halogens is 2. The Morgan fingerprint density at radius 3 is 2.42 bits per heavy atom. The lowest BCUT2D eigenvalue weighted by Gasteiger charge is -2.43. The number of piperidine rings is 1. The number of anilines is 2. The number of benzene rings is 1. The molecule has 1 N–H and O–H groups in total. The second kappa shape index (κ2) is 9.74. The van der Waals surface area contributed by atoms with Crippen molar-refractivity contribution in [2.75, 3.05) is 16.7 Å². The van der Waals surface area contributed by atoms with Crippen LogP contribution in [-0.4, -0.2) is 48.5 Å². The van der Waals surface area contributed by atoms with Crippen LogP contribution in [0.1, 0.15) is 36.8 Å². The third-order valence-electron chi connectivity index (χ3n) is 7.41. The van der Waals surface area contributed by atoms with Crippen molar-refractivity contribution in [1.29, 1.82) is 0 Å². The summed E-state index contributed by atoms with van der Waals surface area (Å²) in [5.74, 6) is -2.01. The van der Waals surface area contributed by atoms with Gasteiger partial charge in [0.25, 0.3) is 10.0 Å². The first kappa shape index (κ1) is 24.6. The van der Waals surface area contributed by atoms with E-state index in [1.807, 2.05) is 18.0 Å². The van der Waals surface area contributed by atoms with Crippen molar-refractivity contribution in [2.45, 2.75) is 62.3 Å². The molecular weight excluding hydrogens is 484 g/mol. The van der Waals surface area contributed by atoms with E-state index in [1.54, 1.807) is 6.92 Å². The molecule has 36 heavy (non-hydrogen) atoms. The van der Waals surface area contributed by atoms with Crippen LogP contribution in [0.4, 0.5) is 20.3 Å². The molecule has 0 unspecified atom stereocenters. The van der Waals surface area contributed by atoms with Gasteiger partial charge in [-0.1, -0.05) is 36.4 Å². The minimum atomic E-state index is -4.39. The zero-order valence-electron chi connectivity index (χ0n) is 20.2. The maximum absolute atomic E-state index is 15.3. The van der Waals surface area contributed by atoms with Crippen molar-refractivity contribution in [1.82, 2.24) is 14.9 Å². The van der Waals surface area contributed by atoms with Crippen LogP contribution in [-0.2, 0) is 16.6 Å². The Morgan fingerprint density at radius 1 is 1.06 bits per heavy atom. The third-order valence-corrected chi connectivity index (χ3v) is 8.68. The van der Waals surface area contributed by atoms with Gasteiger partial charge in [-0.25, -0.2) is 14.4 Å². The van der Waals surface area contributed by atoms with Crippen molar-refractivity contribution in [3.8, 4) is 0 Å². The van der Waals surface area contributed by atoms with Crippen LogP contribution in [0.2, 0.25) is 0 Å². The molecule has 3 atom stereocenters. The van der Waals surface area contributed by atoms with Gasteiger partial charge < -0.3 is 4.90 Å². The van der Waals surface area contributed by atoms with E-state index < -0.39 is 26.8 Å². The Morgan fingerprint density at radius 2 is 1.75 bits per heavy atom. The van der Waals surface area contributed by atoms with E-state index in [1.165, 1.54) is 23.9 Å². The standard InChI is InChI=1S/C26H29F2N5O2S/c1-17-22(15-29-26(25(17)28)36(34,35)31-24-10-6-9-23(27)30-24)32(2)21-13-19-11-12-20(14-21)33(19)16-18-7-4-3-5-8-18/h3-10,15,19-21H,11-14,16H2,1-2H3,(H,30,31)/t19-,20+,21+. The van der Waals surface area contributed by atoms with Gasteiger partial charge in [0.15, 0.2) is 5.82 Å². The summed E-state index contributed by atoms with van der Waals surface area (Å²) < 4.78 is 56.3. The van der Waals surface area contributed by atoms with Crippen LogP contribution >= 0.6 is 0 Å². The molecule has 5 rings (SSSR count). The molecule has 2 aromatic heterocycles. The Balaban J connectivity index is 1.32. The number of fused-ring (bicyclic) bond motifs is 2.